The topological polar surface area (TPSA) is 71.3 Å². The first kappa shape index (κ1) is 17.9. The Hall–Kier alpha value is -3.45. The average molecular weight is 394 g/mol. The molecule has 0 saturated heterocycles. The van der Waals surface area contributed by atoms with Crippen molar-refractivity contribution < 1.29 is 14.3 Å². The molecular formula is C21H15FN2O3S. The van der Waals surface area contributed by atoms with Crippen molar-refractivity contribution in [3.05, 3.63) is 93.3 Å². The van der Waals surface area contributed by atoms with Crippen molar-refractivity contribution in [3.8, 4) is 5.75 Å². The molecule has 140 valence electrons. The minimum Gasteiger partial charge on any atom is -0.505 e. The van der Waals surface area contributed by atoms with Crippen molar-refractivity contribution in [1.82, 2.24) is 4.57 Å². The van der Waals surface area contributed by atoms with Crippen molar-refractivity contribution in [2.24, 2.45) is 0 Å². The molecule has 4 rings (SSSR count). The Labute approximate surface area is 163 Å². The Morgan fingerprint density at radius 3 is 2.54 bits per heavy atom. The van der Waals surface area contributed by atoms with Crippen LogP contribution in [0.2, 0.25) is 0 Å². The Morgan fingerprint density at radius 2 is 1.79 bits per heavy atom. The van der Waals surface area contributed by atoms with Gasteiger partial charge in [-0.3, -0.25) is 9.59 Å². The summed E-state index contributed by atoms with van der Waals surface area (Å²) in [6, 6.07) is 16.7. The van der Waals surface area contributed by atoms with Crippen molar-refractivity contribution in [1.29, 1.82) is 0 Å². The fourth-order valence-electron chi connectivity index (χ4n) is 3.03. The lowest BCUT2D eigenvalue weighted by molar-refractivity contribution is 0.102. The first-order chi connectivity index (χ1) is 13.6. The normalized spacial score (nSPS) is 10.9. The number of nitrogens with one attached hydrogen (secondary N) is 1. The molecule has 7 heteroatoms. The van der Waals surface area contributed by atoms with Crippen LogP contribution in [-0.4, -0.2) is 15.6 Å². The number of para-hydroxylation sites is 1. The van der Waals surface area contributed by atoms with E-state index in [2.05, 4.69) is 5.32 Å². The van der Waals surface area contributed by atoms with Gasteiger partial charge in [0.1, 0.15) is 11.4 Å². The second-order valence-electron chi connectivity index (χ2n) is 6.17. The Morgan fingerprint density at radius 1 is 1.07 bits per heavy atom. The molecule has 0 radical (unpaired) electrons. The van der Waals surface area contributed by atoms with E-state index < -0.39 is 28.6 Å². The van der Waals surface area contributed by atoms with Crippen LogP contribution >= 0.6 is 11.3 Å². The molecule has 2 aromatic carbocycles. The number of hydrogen-bond acceptors (Lipinski definition) is 4. The molecular weight excluding hydrogens is 379 g/mol. The molecule has 0 fully saturated rings. The predicted octanol–water partition coefficient (Wildman–Crippen LogP) is 4.21. The Kier molecular flexibility index (Phi) is 4.67. The minimum atomic E-state index is -0.857. The molecule has 0 aliphatic heterocycles. The quantitative estimate of drug-likeness (QED) is 0.545. The molecule has 2 aromatic heterocycles. The summed E-state index contributed by atoms with van der Waals surface area (Å²) < 4.78 is 15.7. The molecule has 4 aromatic rings. The van der Waals surface area contributed by atoms with Crippen molar-refractivity contribution >= 4 is 33.1 Å². The number of nitrogens with zero attached hydrogens (tertiary/aromatic N) is 1. The number of hydrogen-bond donors (Lipinski definition) is 2. The van der Waals surface area contributed by atoms with Crippen molar-refractivity contribution in [2.45, 2.75) is 6.54 Å². The molecule has 0 saturated carbocycles. The van der Waals surface area contributed by atoms with Gasteiger partial charge < -0.3 is 15.0 Å². The smallest absolute Gasteiger partial charge is 0.268 e. The molecule has 0 atom stereocenters. The third-order valence-corrected chi connectivity index (χ3v) is 5.29. The first-order valence-corrected chi connectivity index (χ1v) is 9.37. The second kappa shape index (κ2) is 7.28. The van der Waals surface area contributed by atoms with Crippen LogP contribution in [0.5, 0.6) is 5.75 Å². The molecule has 0 bridgehead atoms. The number of halogens is 1. The summed E-state index contributed by atoms with van der Waals surface area (Å²) in [5.74, 6) is -1.88. The van der Waals surface area contributed by atoms with Gasteiger partial charge in [0, 0.05) is 0 Å². The number of anilines is 1. The van der Waals surface area contributed by atoms with Crippen LogP contribution in [0.1, 0.15) is 15.9 Å². The van der Waals surface area contributed by atoms with Crippen molar-refractivity contribution in [2.75, 3.05) is 5.32 Å². The van der Waals surface area contributed by atoms with E-state index in [0.717, 1.165) is 5.56 Å². The Balaban J connectivity index is 1.83. The van der Waals surface area contributed by atoms with Gasteiger partial charge in [-0.2, -0.15) is 0 Å². The van der Waals surface area contributed by atoms with Gasteiger partial charge in [0.25, 0.3) is 11.5 Å². The van der Waals surface area contributed by atoms with E-state index in [-0.39, 0.29) is 12.2 Å². The van der Waals surface area contributed by atoms with Gasteiger partial charge in [-0.05, 0) is 29.1 Å². The molecule has 1 amide bonds. The van der Waals surface area contributed by atoms with E-state index in [4.69, 9.17) is 0 Å². The van der Waals surface area contributed by atoms with E-state index >= 15 is 0 Å². The van der Waals surface area contributed by atoms with Gasteiger partial charge in [0.2, 0.25) is 0 Å². The van der Waals surface area contributed by atoms with Gasteiger partial charge in [-0.15, -0.1) is 11.3 Å². The lowest BCUT2D eigenvalue weighted by atomic mass is 10.1. The molecule has 0 unspecified atom stereocenters. The van der Waals surface area contributed by atoms with Gasteiger partial charge in [0.15, 0.2) is 5.75 Å². The van der Waals surface area contributed by atoms with Gasteiger partial charge >= 0.3 is 0 Å². The van der Waals surface area contributed by atoms with Gasteiger partial charge in [-0.25, -0.2) is 4.39 Å². The highest BCUT2D eigenvalue weighted by molar-refractivity contribution is 7.17. The predicted molar refractivity (Wildman–Crippen MR) is 108 cm³/mol. The third kappa shape index (κ3) is 3.16. The zero-order valence-electron chi connectivity index (χ0n) is 14.6. The highest BCUT2D eigenvalue weighted by Crippen LogP contribution is 2.32. The number of fused-ring (bicyclic) bond motifs is 1. The Bertz CT molecular complexity index is 1230. The number of thiophene rings is 1. The number of pyridine rings is 1. The van der Waals surface area contributed by atoms with Crippen molar-refractivity contribution in [3.63, 3.8) is 0 Å². The van der Waals surface area contributed by atoms with E-state index in [0.29, 0.717) is 10.2 Å². The molecule has 28 heavy (non-hydrogen) atoms. The van der Waals surface area contributed by atoms with Crippen LogP contribution in [0.4, 0.5) is 10.1 Å². The summed E-state index contributed by atoms with van der Waals surface area (Å²) in [5.41, 5.74) is 0.310. The number of amides is 1. The molecule has 0 spiro atoms. The van der Waals surface area contributed by atoms with Gasteiger partial charge in [-0.1, -0.05) is 42.5 Å². The molecule has 2 heterocycles. The molecule has 0 aliphatic rings. The highest BCUT2D eigenvalue weighted by Gasteiger charge is 2.23. The summed E-state index contributed by atoms with van der Waals surface area (Å²) >= 11 is 1.22. The first-order valence-electron chi connectivity index (χ1n) is 8.49. The van der Waals surface area contributed by atoms with Crippen LogP contribution in [-0.2, 0) is 6.54 Å². The van der Waals surface area contributed by atoms with E-state index in [1.165, 1.54) is 34.1 Å². The van der Waals surface area contributed by atoms with E-state index in [1.807, 2.05) is 30.3 Å². The average Bonchev–Trinajstić information content (AvgIpc) is 3.18. The zero-order valence-corrected chi connectivity index (χ0v) is 15.4. The maximum absolute atomic E-state index is 13.9. The number of rotatable bonds is 4. The molecule has 2 N–H and O–H groups in total. The molecule has 5 nitrogen and oxygen atoms in total. The summed E-state index contributed by atoms with van der Waals surface area (Å²) in [5, 5.41) is 14.7. The summed E-state index contributed by atoms with van der Waals surface area (Å²) in [7, 11) is 0. The number of carbonyl (C=O) groups excluding carboxylic acids is 1. The maximum atomic E-state index is 13.9. The zero-order chi connectivity index (χ0) is 19.7. The minimum absolute atomic E-state index is 0.0628. The number of aromatic hydroxyl groups is 1. The SMILES string of the molecule is O=C(Nc1ccccc1F)c1c(O)c2sccc2n(Cc2ccccc2)c1=O. The third-order valence-electron chi connectivity index (χ3n) is 4.38. The van der Waals surface area contributed by atoms with E-state index in [9.17, 15) is 19.1 Å². The van der Waals surface area contributed by atoms with Crippen LogP contribution in [0, 0.1) is 5.82 Å². The monoisotopic (exact) mass is 394 g/mol. The van der Waals surface area contributed by atoms with Gasteiger partial charge in [0.05, 0.1) is 22.4 Å². The fourth-order valence-corrected chi connectivity index (χ4v) is 3.87. The standard InChI is InChI=1S/C21H15FN2O3S/c22-14-8-4-5-9-15(14)23-20(26)17-18(25)19-16(10-11-28-19)24(21(17)27)12-13-6-2-1-3-7-13/h1-11,25H,12H2,(H,23,26). The number of benzene rings is 2. The highest BCUT2D eigenvalue weighted by atomic mass is 32.1. The summed E-state index contributed by atoms with van der Waals surface area (Å²) in [4.78, 5) is 25.8. The summed E-state index contributed by atoms with van der Waals surface area (Å²) in [6.45, 7) is 0.243. The van der Waals surface area contributed by atoms with Crippen LogP contribution in [0.3, 0.4) is 0 Å². The fraction of sp³-hybridized carbons (Fsp3) is 0.0476. The van der Waals surface area contributed by atoms with Crippen LogP contribution in [0.25, 0.3) is 10.2 Å². The second-order valence-corrected chi connectivity index (χ2v) is 7.09. The van der Waals surface area contributed by atoms with E-state index in [1.54, 1.807) is 17.5 Å². The lowest BCUT2D eigenvalue weighted by Crippen LogP contribution is -2.30. The van der Waals surface area contributed by atoms with Crippen LogP contribution < -0.4 is 10.9 Å². The number of carbonyl (C=O) groups is 1. The number of aromatic nitrogens is 1. The maximum Gasteiger partial charge on any atom is 0.268 e. The molecule has 0 aliphatic carbocycles. The van der Waals surface area contributed by atoms with Crippen LogP contribution in [0.15, 0.2) is 70.8 Å². The largest absolute Gasteiger partial charge is 0.505 e. The lowest BCUT2D eigenvalue weighted by Gasteiger charge is -2.13. The summed E-state index contributed by atoms with van der Waals surface area (Å²) in [6.07, 6.45) is 0.